The van der Waals surface area contributed by atoms with Crippen molar-refractivity contribution in [3.8, 4) is 0 Å². The van der Waals surface area contributed by atoms with Crippen molar-refractivity contribution >= 4 is 598 Å². The van der Waals surface area contributed by atoms with E-state index in [9.17, 15) is 0 Å². The van der Waals surface area contributed by atoms with Crippen LogP contribution in [0.5, 0.6) is 0 Å². The Labute approximate surface area is 2190 Å². The molecule has 0 saturated heterocycles. The van der Waals surface area contributed by atoms with Gasteiger partial charge >= 0.3 is 0 Å². The Balaban J connectivity index is 0. The van der Waals surface area contributed by atoms with Gasteiger partial charge in [0.15, 0.2) is 0 Å². The van der Waals surface area contributed by atoms with E-state index in [-0.39, 0.29) is 2260 Å². The molecule has 0 saturated carbocycles. The van der Waals surface area contributed by atoms with Gasteiger partial charge < -0.3 is 0 Å². The molecular weight excluding hydrogens is 10900 g/mol. The predicted molar refractivity (Wildman–Crippen MR) is 144 cm³/mol. The Kier molecular flexibility index (Phi) is 8750. The van der Waals surface area contributed by atoms with Crippen molar-refractivity contribution in [3.63, 3.8) is 0 Å². The van der Waals surface area contributed by atoms with Crippen LogP contribution in [-0.4, -0.2) is 598 Å². The molecule has 0 aromatic heterocycles. The normalized spacial score (nSPS) is 0. The predicted octanol–water partition coefficient (Wildman–Crippen LogP) is -9.71. The minimum atomic E-state index is 0. The summed E-state index contributed by atoms with van der Waals surface area (Å²) in [7, 11) is 0. The van der Waals surface area contributed by atoms with E-state index < -0.39 is 0 Å². The summed E-state index contributed by atoms with van der Waals surface area (Å²) < 4.78 is 0. The maximum Gasteiger partial charge on any atom is 0 e. The van der Waals surface area contributed by atoms with Crippen LogP contribution in [0.4, 0.5) is 0 Å². The summed E-state index contributed by atoms with van der Waals surface area (Å²) in [5, 5.41) is 0. The van der Waals surface area contributed by atoms with Gasteiger partial charge in [-0.15, -0.1) is 0 Å². The van der Waals surface area contributed by atoms with E-state index >= 15 is 0 Å². The van der Waals surface area contributed by atoms with Crippen LogP contribution in [0.25, 0.3) is 0 Å². The van der Waals surface area contributed by atoms with Gasteiger partial charge in [0.25, 0.3) is 0 Å². The molecule has 0 heterocycles. The van der Waals surface area contributed by atoms with Gasteiger partial charge in [-0.3, -0.25) is 0 Å². The topological polar surface area (TPSA) is 0 Å². The SMILES string of the molecule is [Ag].[Ag].[Ag].[Ag].[Ag].[Ag].[Ag].[Ag].[Ag].[Ag].[Ag].[Ag].[Ag].[Ag].[Ag].[Ag].[Ag].[Ag].[Ag].[Ag].[Ag].[Ag].[Ag].[Ag].[Ag].[Ag].[Ag].[Ag].[Ag].[Ag].[Ag].[Ag].[Ag].[Ag].[Ag].[Ag].[Ag].[Ag].[Ag].[Ag].[Ag].[Ag].[Ag].[Ag].[Ag].[Ag].[Ag].[Ag].[Ag].[Ag].[Ag].[Ag].[Ag].[Ag].[Ag].[Ag].[Ag].[Ag].[Ag].[Ag].[Ag].[Ag].[Ag].[Ag].[Ag].[Ag].[Ag].[Ag].[Ag].[Ag].[Ag].[Ag].[Cu].[Cu].[Cu].[Sn].[Sn].[Sn].[Sn].[Sn].[Sn].[Sn].[Sn].[Sn].[Sn].[Sn].[Sn].[Sn].[Sn].[Sn].[Sn].[Sn].[Sn].[Sn].[Sn].[Sn].[Sn].[Sn].[Sn].[Sn]. The molecule has 175 radical (unpaired) electrons. The Morgan fingerprint density at radius 1 is 0.0300 bits per heavy atom. The first-order valence-electron chi connectivity index (χ1n) is 0. The van der Waals surface area contributed by atoms with Gasteiger partial charge in [0.1, 0.15) is 0 Å². The van der Waals surface area contributed by atoms with Crippen LogP contribution in [0.3, 0.4) is 0 Å². The van der Waals surface area contributed by atoms with Crippen LogP contribution < -0.4 is 0 Å². The Hall–Kier alpha value is 74.8. The molecule has 0 aromatic rings. The van der Waals surface area contributed by atoms with Crippen LogP contribution in [-0.2, 0) is 1660 Å². The Bertz CT molecular complexity index is 99.3. The second kappa shape index (κ2) is 927. The minimum Gasteiger partial charge on any atom is 0 e. The summed E-state index contributed by atoms with van der Waals surface area (Å²) in [5.41, 5.74) is 0. The standard InChI is InChI=1S/72Ag.3Cu.25Sn. The molecule has 0 nitrogen and oxygen atoms in total. The number of hydrogen-bond acceptors (Lipinski definition) is 0. The molecule has 925 valence electrons. The van der Waals surface area contributed by atoms with Gasteiger partial charge in [-0.1, -0.05) is 0 Å². The van der Waals surface area contributed by atoms with Crippen molar-refractivity contribution in [2.45, 2.75) is 0 Å². The summed E-state index contributed by atoms with van der Waals surface area (Å²) in [6.45, 7) is 0. The molecule has 0 bridgehead atoms. The summed E-state index contributed by atoms with van der Waals surface area (Å²) in [6.07, 6.45) is 0. The van der Waals surface area contributed by atoms with Gasteiger partial charge in [-0.25, -0.2) is 0 Å². The molecule has 0 spiro atoms. The molecule has 0 amide bonds. The molecule has 0 fully saturated rings. The average Bonchev–Trinajstić information content (AvgIpc) is 0. The van der Waals surface area contributed by atoms with Crippen molar-refractivity contribution in [1.82, 2.24) is 0 Å². The van der Waals surface area contributed by atoms with Crippen LogP contribution in [0.2, 0.25) is 0 Å². The summed E-state index contributed by atoms with van der Waals surface area (Å²) >= 11 is 0. The second-order valence-electron chi connectivity index (χ2n) is 0. The molecule has 0 aliphatic carbocycles. The van der Waals surface area contributed by atoms with Gasteiger partial charge in [0.2, 0.25) is 0 Å². The molecule has 100 heavy (non-hydrogen) atoms. The van der Waals surface area contributed by atoms with Crippen molar-refractivity contribution in [3.05, 3.63) is 0 Å². The molecular formula is Ag72Cu3Sn25. The third-order valence-corrected chi connectivity index (χ3v) is 0. The van der Waals surface area contributed by atoms with Crippen LogP contribution in [0.15, 0.2) is 0 Å². The van der Waals surface area contributed by atoms with E-state index in [1.807, 2.05) is 0 Å². The quantitative estimate of drug-likeness (QED) is 0.212. The van der Waals surface area contributed by atoms with E-state index in [2.05, 4.69) is 0 Å². The van der Waals surface area contributed by atoms with Gasteiger partial charge in [0.05, 0.1) is 0 Å². The monoisotopic (exact) mass is 10900 g/mol. The van der Waals surface area contributed by atoms with Crippen molar-refractivity contribution in [2.24, 2.45) is 0 Å². The van der Waals surface area contributed by atoms with E-state index in [0.29, 0.717) is 0 Å². The molecule has 100 heteroatoms. The zero-order valence-corrected chi connectivity index (χ0v) is 216. The maximum absolute atomic E-state index is 0. The van der Waals surface area contributed by atoms with Crippen molar-refractivity contribution in [2.75, 3.05) is 0 Å². The zero-order chi connectivity index (χ0) is 0. The number of hydrogen-bond donors (Lipinski definition) is 0. The Morgan fingerprint density at radius 2 is 0.0300 bits per heavy atom. The first kappa shape index (κ1) is 943. The second-order valence-corrected chi connectivity index (χ2v) is 0. The summed E-state index contributed by atoms with van der Waals surface area (Å²) in [5.74, 6) is 0. The molecule has 0 aromatic carbocycles. The fourth-order valence-corrected chi connectivity index (χ4v) is 0. The van der Waals surface area contributed by atoms with Crippen LogP contribution in [0.1, 0.15) is 0 Å². The fraction of sp³-hybridized carbons (Fsp3) is 0. The van der Waals surface area contributed by atoms with Crippen LogP contribution in [0, 0.1) is 0 Å². The van der Waals surface area contributed by atoms with Crippen LogP contribution >= 0.6 is 0 Å². The van der Waals surface area contributed by atoms with E-state index in [1.165, 1.54) is 0 Å². The smallest absolute Gasteiger partial charge is 0 e. The van der Waals surface area contributed by atoms with Gasteiger partial charge in [0, 0.05) is 2260 Å². The van der Waals surface area contributed by atoms with E-state index in [4.69, 9.17) is 0 Å². The number of rotatable bonds is 0. The summed E-state index contributed by atoms with van der Waals surface area (Å²) in [4.78, 5) is 0. The van der Waals surface area contributed by atoms with E-state index in [0.717, 1.165) is 0 Å². The molecule has 0 unspecified atom stereocenters. The molecule has 0 rings (SSSR count). The third-order valence-electron chi connectivity index (χ3n) is 0. The van der Waals surface area contributed by atoms with Gasteiger partial charge in [-0.05, 0) is 0 Å². The fourth-order valence-electron chi connectivity index (χ4n) is 0. The first-order chi connectivity index (χ1) is 0. The summed E-state index contributed by atoms with van der Waals surface area (Å²) in [6, 6.07) is 0. The molecule has 0 N–H and O–H groups in total. The molecule has 0 aliphatic rings. The van der Waals surface area contributed by atoms with Crippen molar-refractivity contribution < 1.29 is 1660 Å². The maximum atomic E-state index is 0. The minimum absolute atomic E-state index is 0. The van der Waals surface area contributed by atoms with Crippen molar-refractivity contribution in [1.29, 1.82) is 0 Å². The average molecular weight is 10900 g/mol. The first-order valence-corrected chi connectivity index (χ1v) is 0. The molecule has 0 atom stereocenters. The largest absolute Gasteiger partial charge is 0 e. The van der Waals surface area contributed by atoms with Gasteiger partial charge in [-0.2, -0.15) is 0 Å². The Morgan fingerprint density at radius 3 is 0.0300 bits per heavy atom. The zero-order valence-electron chi connectivity index (χ0n) is 35.1. The van der Waals surface area contributed by atoms with E-state index in [1.54, 1.807) is 0 Å². The third kappa shape index (κ3) is 911. The molecule has 0 aliphatic heterocycles.